The number of fused-ring (bicyclic) bond motifs is 3. The molecule has 0 N–H and O–H groups in total. The molecular formula is C57H37N3. The molecule has 11 rings (SSSR count). The van der Waals surface area contributed by atoms with Gasteiger partial charge in [-0.05, 0) is 107 Å². The molecule has 0 bridgehead atoms. The number of hydrogen-bond donors (Lipinski definition) is 0. The van der Waals surface area contributed by atoms with Gasteiger partial charge in [-0.15, -0.1) is 0 Å². The Hall–Kier alpha value is -8.01. The van der Waals surface area contributed by atoms with Crippen LogP contribution in [0.15, 0.2) is 224 Å². The van der Waals surface area contributed by atoms with Crippen LogP contribution < -0.4 is 0 Å². The molecule has 0 saturated heterocycles. The van der Waals surface area contributed by atoms with E-state index in [1.54, 1.807) is 0 Å². The highest BCUT2D eigenvalue weighted by Crippen LogP contribution is 2.39. The van der Waals surface area contributed by atoms with E-state index >= 15 is 0 Å². The lowest BCUT2D eigenvalue weighted by atomic mass is 9.91. The molecule has 10 aromatic carbocycles. The molecule has 0 atom stereocenters. The summed E-state index contributed by atoms with van der Waals surface area (Å²) in [7, 11) is 0. The van der Waals surface area contributed by atoms with Crippen molar-refractivity contribution >= 4 is 32.3 Å². The first-order valence-corrected chi connectivity index (χ1v) is 20.3. The quantitative estimate of drug-likeness (QED) is 0.162. The van der Waals surface area contributed by atoms with E-state index in [9.17, 15) is 0 Å². The second-order valence-corrected chi connectivity index (χ2v) is 15.2. The molecule has 0 amide bonds. The topological polar surface area (TPSA) is 38.7 Å². The van der Waals surface area contributed by atoms with E-state index in [2.05, 4.69) is 224 Å². The van der Waals surface area contributed by atoms with E-state index < -0.39 is 0 Å². The van der Waals surface area contributed by atoms with Gasteiger partial charge in [-0.2, -0.15) is 0 Å². The highest BCUT2D eigenvalue weighted by Gasteiger charge is 2.18. The molecule has 0 unspecified atom stereocenters. The molecule has 11 aromatic rings. The molecule has 3 nitrogen and oxygen atoms in total. The summed E-state index contributed by atoms with van der Waals surface area (Å²) in [5.74, 6) is 1.87. The van der Waals surface area contributed by atoms with E-state index in [4.69, 9.17) is 15.0 Å². The summed E-state index contributed by atoms with van der Waals surface area (Å²) in [4.78, 5) is 15.9. The molecule has 0 aliphatic heterocycles. The fourth-order valence-electron chi connectivity index (χ4n) is 8.49. The van der Waals surface area contributed by atoms with Gasteiger partial charge in [0.05, 0.1) is 0 Å². The Morgan fingerprint density at radius 3 is 1.35 bits per heavy atom. The van der Waals surface area contributed by atoms with Crippen LogP contribution in [0.25, 0.3) is 111 Å². The van der Waals surface area contributed by atoms with Crippen LogP contribution in [0.5, 0.6) is 0 Å². The van der Waals surface area contributed by atoms with Crippen LogP contribution in [-0.4, -0.2) is 15.0 Å². The summed E-state index contributed by atoms with van der Waals surface area (Å²) < 4.78 is 0. The second kappa shape index (κ2) is 15.1. The first-order valence-electron chi connectivity index (χ1n) is 20.3. The zero-order valence-electron chi connectivity index (χ0n) is 32.7. The molecule has 0 radical (unpaired) electrons. The summed E-state index contributed by atoms with van der Waals surface area (Å²) in [6, 6.07) is 79.5. The standard InChI is InChI=1S/C57H37N3/c1-4-15-38(16-5-1)42-29-27-40-28-30-46(36-47(40)33-42)56-58-55(59-57(60-56)54-37-48(39-17-6-2-7-18-39)35-43-21-10-11-24-49(43)54)45-23-14-22-44(34-45)51-32-31-50(41-19-8-3-9-20-41)52-25-12-13-26-53(51)52/h1-37H. The summed E-state index contributed by atoms with van der Waals surface area (Å²) >= 11 is 0. The Balaban J connectivity index is 1.10. The molecule has 60 heavy (non-hydrogen) atoms. The van der Waals surface area contributed by atoms with Gasteiger partial charge in [-0.25, -0.2) is 15.0 Å². The normalized spacial score (nSPS) is 11.3. The van der Waals surface area contributed by atoms with E-state index in [1.807, 2.05) is 0 Å². The second-order valence-electron chi connectivity index (χ2n) is 15.2. The molecule has 280 valence electrons. The molecule has 0 fully saturated rings. The van der Waals surface area contributed by atoms with E-state index in [0.717, 1.165) is 60.5 Å². The lowest BCUT2D eigenvalue weighted by Crippen LogP contribution is -2.01. The number of aromatic nitrogens is 3. The Kier molecular flexibility index (Phi) is 8.83. The van der Waals surface area contributed by atoms with Crippen LogP contribution in [0.4, 0.5) is 0 Å². The van der Waals surface area contributed by atoms with Crippen molar-refractivity contribution in [1.82, 2.24) is 15.0 Å². The molecule has 0 spiro atoms. The number of nitrogens with zero attached hydrogens (tertiary/aromatic N) is 3. The van der Waals surface area contributed by atoms with Crippen molar-refractivity contribution in [2.45, 2.75) is 0 Å². The van der Waals surface area contributed by atoms with Crippen molar-refractivity contribution in [3.8, 4) is 78.7 Å². The number of benzene rings is 10. The third-order valence-corrected chi connectivity index (χ3v) is 11.5. The minimum atomic E-state index is 0.620. The van der Waals surface area contributed by atoms with Crippen molar-refractivity contribution in [3.63, 3.8) is 0 Å². The van der Waals surface area contributed by atoms with Crippen LogP contribution in [0.3, 0.4) is 0 Å². The van der Waals surface area contributed by atoms with Gasteiger partial charge in [0.25, 0.3) is 0 Å². The third-order valence-electron chi connectivity index (χ3n) is 11.5. The zero-order chi connectivity index (χ0) is 39.8. The highest BCUT2D eigenvalue weighted by atomic mass is 15.0. The highest BCUT2D eigenvalue weighted by molar-refractivity contribution is 6.05. The van der Waals surface area contributed by atoms with Gasteiger partial charge >= 0.3 is 0 Å². The maximum Gasteiger partial charge on any atom is 0.164 e. The van der Waals surface area contributed by atoms with E-state index in [1.165, 1.54) is 33.0 Å². The fraction of sp³-hybridized carbons (Fsp3) is 0. The first-order chi connectivity index (χ1) is 29.7. The lowest BCUT2D eigenvalue weighted by molar-refractivity contribution is 1.08. The van der Waals surface area contributed by atoms with Gasteiger partial charge in [0.2, 0.25) is 0 Å². The average Bonchev–Trinajstić information content (AvgIpc) is 3.33. The van der Waals surface area contributed by atoms with Crippen LogP contribution in [0.2, 0.25) is 0 Å². The maximum absolute atomic E-state index is 5.33. The molecule has 0 saturated carbocycles. The summed E-state index contributed by atoms with van der Waals surface area (Å²) in [5.41, 5.74) is 12.1. The van der Waals surface area contributed by atoms with Crippen molar-refractivity contribution in [3.05, 3.63) is 224 Å². The lowest BCUT2D eigenvalue weighted by Gasteiger charge is -2.14. The Morgan fingerprint density at radius 1 is 0.200 bits per heavy atom. The van der Waals surface area contributed by atoms with Gasteiger partial charge in [0.1, 0.15) is 0 Å². The van der Waals surface area contributed by atoms with E-state index in [0.29, 0.717) is 17.5 Å². The minimum Gasteiger partial charge on any atom is -0.208 e. The SMILES string of the molecule is c1ccc(-c2ccc3ccc(-c4nc(-c5cccc(-c6ccc(-c7ccccc7)c7ccccc67)c5)nc(-c5cc(-c6ccccc6)cc6ccccc56)n4)cc3c2)cc1. The van der Waals surface area contributed by atoms with Crippen LogP contribution in [0, 0.1) is 0 Å². The monoisotopic (exact) mass is 763 g/mol. The van der Waals surface area contributed by atoms with Crippen molar-refractivity contribution < 1.29 is 0 Å². The molecule has 1 aromatic heterocycles. The Morgan fingerprint density at radius 2 is 0.667 bits per heavy atom. The molecule has 1 heterocycles. The third kappa shape index (κ3) is 6.58. The van der Waals surface area contributed by atoms with Crippen molar-refractivity contribution in [1.29, 1.82) is 0 Å². The predicted molar refractivity (Wildman–Crippen MR) is 250 cm³/mol. The maximum atomic E-state index is 5.33. The molecule has 3 heteroatoms. The summed E-state index contributed by atoms with van der Waals surface area (Å²) in [6.45, 7) is 0. The first kappa shape index (κ1) is 35.2. The zero-order valence-corrected chi connectivity index (χ0v) is 32.7. The van der Waals surface area contributed by atoms with Crippen LogP contribution in [-0.2, 0) is 0 Å². The molecular weight excluding hydrogens is 727 g/mol. The minimum absolute atomic E-state index is 0.620. The summed E-state index contributed by atoms with van der Waals surface area (Å²) in [5, 5.41) is 6.92. The summed E-state index contributed by atoms with van der Waals surface area (Å²) in [6.07, 6.45) is 0. The Labute approximate surface area is 349 Å². The Bertz CT molecular complexity index is 3360. The van der Waals surface area contributed by atoms with Crippen molar-refractivity contribution in [2.24, 2.45) is 0 Å². The van der Waals surface area contributed by atoms with Gasteiger partial charge in [-0.1, -0.05) is 194 Å². The molecule has 0 aliphatic rings. The van der Waals surface area contributed by atoms with E-state index in [-0.39, 0.29) is 0 Å². The van der Waals surface area contributed by atoms with Gasteiger partial charge in [0, 0.05) is 16.7 Å². The van der Waals surface area contributed by atoms with Crippen molar-refractivity contribution in [2.75, 3.05) is 0 Å². The molecule has 0 aliphatic carbocycles. The largest absolute Gasteiger partial charge is 0.208 e. The predicted octanol–water partition coefficient (Wildman–Crippen LogP) is 15.0. The fourth-order valence-corrected chi connectivity index (χ4v) is 8.49. The smallest absolute Gasteiger partial charge is 0.164 e. The number of hydrogen-bond acceptors (Lipinski definition) is 3. The van der Waals surface area contributed by atoms with Gasteiger partial charge < -0.3 is 0 Å². The van der Waals surface area contributed by atoms with Gasteiger partial charge in [-0.3, -0.25) is 0 Å². The average molecular weight is 764 g/mol. The van der Waals surface area contributed by atoms with Crippen LogP contribution >= 0.6 is 0 Å². The van der Waals surface area contributed by atoms with Crippen LogP contribution in [0.1, 0.15) is 0 Å². The number of rotatable bonds is 7. The van der Waals surface area contributed by atoms with Gasteiger partial charge in [0.15, 0.2) is 17.5 Å².